The van der Waals surface area contributed by atoms with Crippen LogP contribution in [0.5, 0.6) is 23.0 Å². The minimum atomic E-state index is -0.457. The molecule has 7 heteroatoms. The molecule has 2 aliphatic heterocycles. The van der Waals surface area contributed by atoms with Crippen LogP contribution in [-0.4, -0.2) is 43.8 Å². The Balaban J connectivity index is 1.78. The van der Waals surface area contributed by atoms with E-state index in [2.05, 4.69) is 0 Å². The number of methoxy groups -OCH3 is 2. The van der Waals surface area contributed by atoms with Gasteiger partial charge in [-0.15, -0.1) is 0 Å². The molecule has 2 aromatic rings. The number of phenolic OH excluding ortho intramolecular Hbond substituents is 1. The molecule has 1 aliphatic carbocycles. The molecule has 0 spiro atoms. The molecule has 0 radical (unpaired) electrons. The fourth-order valence-electron chi connectivity index (χ4n) is 4.21. The second-order valence-corrected chi connectivity index (χ2v) is 6.72. The summed E-state index contributed by atoms with van der Waals surface area (Å²) in [7, 11) is 2.88. The summed E-state index contributed by atoms with van der Waals surface area (Å²) in [6.07, 6.45) is 0.312. The van der Waals surface area contributed by atoms with Crippen molar-refractivity contribution >= 4 is 11.6 Å². The molecule has 1 N–H and O–H groups in total. The predicted octanol–water partition coefficient (Wildman–Crippen LogP) is 2.41. The first-order chi connectivity index (χ1) is 13.0. The van der Waals surface area contributed by atoms with Gasteiger partial charge in [0.25, 0.3) is 0 Å². The van der Waals surface area contributed by atoms with Gasteiger partial charge >= 0.3 is 0 Å². The summed E-state index contributed by atoms with van der Waals surface area (Å²) in [6.45, 7) is 0.561. The van der Waals surface area contributed by atoms with Crippen LogP contribution in [0.2, 0.25) is 0 Å². The van der Waals surface area contributed by atoms with Crippen LogP contribution in [0.4, 0.5) is 0 Å². The molecular formula is C20H16O7. The number of ketones is 2. The summed E-state index contributed by atoms with van der Waals surface area (Å²) in [5.74, 6) is -0.0821. The molecule has 0 saturated carbocycles. The maximum Gasteiger partial charge on any atom is 0.207 e. The Kier molecular flexibility index (Phi) is 3.27. The first-order valence-electron chi connectivity index (χ1n) is 8.58. The standard InChI is InChI=1S/C20H16O7/c1-24-8-5-10-14(12(21)6-8)18(23)16-11(17(10)22)7-13-15(19(16)25-2)9-3-4-26-20(9)27-13/h5-7,9,20-21H,3-4H2,1-2H3/t9-,20+/m1/s1. The highest BCUT2D eigenvalue weighted by Gasteiger charge is 2.46. The normalized spacial score (nSPS) is 21.9. The van der Waals surface area contributed by atoms with Crippen molar-refractivity contribution in [3.63, 3.8) is 0 Å². The minimum absolute atomic E-state index is 0.0373. The lowest BCUT2D eigenvalue weighted by Gasteiger charge is -2.23. The lowest BCUT2D eigenvalue weighted by atomic mass is 9.80. The van der Waals surface area contributed by atoms with E-state index in [0.29, 0.717) is 23.9 Å². The van der Waals surface area contributed by atoms with Crippen LogP contribution >= 0.6 is 0 Å². The van der Waals surface area contributed by atoms with Crippen LogP contribution in [-0.2, 0) is 4.74 Å². The van der Waals surface area contributed by atoms with Crippen LogP contribution in [0, 0.1) is 0 Å². The van der Waals surface area contributed by atoms with Crippen molar-refractivity contribution in [3.8, 4) is 23.0 Å². The van der Waals surface area contributed by atoms with Gasteiger partial charge < -0.3 is 24.1 Å². The fourth-order valence-corrected chi connectivity index (χ4v) is 4.21. The zero-order valence-corrected chi connectivity index (χ0v) is 14.7. The number of benzene rings is 2. The second-order valence-electron chi connectivity index (χ2n) is 6.72. The van der Waals surface area contributed by atoms with Crippen LogP contribution in [0.15, 0.2) is 18.2 Å². The molecule has 0 amide bonds. The Bertz CT molecular complexity index is 1020. The Hall–Kier alpha value is -3.06. The molecule has 2 aromatic carbocycles. The van der Waals surface area contributed by atoms with Crippen LogP contribution in [0.3, 0.4) is 0 Å². The van der Waals surface area contributed by atoms with Crippen LogP contribution in [0.25, 0.3) is 0 Å². The van der Waals surface area contributed by atoms with Crippen molar-refractivity contribution in [2.45, 2.75) is 18.6 Å². The number of hydrogen-bond acceptors (Lipinski definition) is 7. The van der Waals surface area contributed by atoms with E-state index in [0.717, 1.165) is 12.0 Å². The zero-order valence-electron chi connectivity index (χ0n) is 14.7. The number of rotatable bonds is 2. The van der Waals surface area contributed by atoms with E-state index in [1.807, 2.05) is 0 Å². The highest BCUT2D eigenvalue weighted by atomic mass is 16.7. The van der Waals surface area contributed by atoms with Gasteiger partial charge in [0.1, 0.15) is 23.0 Å². The van der Waals surface area contributed by atoms with Crippen molar-refractivity contribution in [2.75, 3.05) is 20.8 Å². The number of hydrogen-bond donors (Lipinski definition) is 1. The molecule has 27 heavy (non-hydrogen) atoms. The molecule has 7 nitrogen and oxygen atoms in total. The van der Waals surface area contributed by atoms with Gasteiger partial charge in [-0.1, -0.05) is 0 Å². The fraction of sp³-hybridized carbons (Fsp3) is 0.300. The quantitative estimate of drug-likeness (QED) is 0.743. The Labute approximate surface area is 154 Å². The number of aromatic hydroxyl groups is 1. The lowest BCUT2D eigenvalue weighted by molar-refractivity contribution is -0.0337. The van der Waals surface area contributed by atoms with E-state index in [-0.39, 0.29) is 33.9 Å². The average molecular weight is 368 g/mol. The van der Waals surface area contributed by atoms with Gasteiger partial charge in [0.05, 0.1) is 37.9 Å². The molecule has 0 bridgehead atoms. The van der Waals surface area contributed by atoms with E-state index in [1.54, 1.807) is 6.07 Å². The van der Waals surface area contributed by atoms with E-state index in [4.69, 9.17) is 18.9 Å². The SMILES string of the molecule is COc1cc(O)c2c(c1)C(=O)c1cc3c(c(OC)c1C2=O)[C@H]1CCO[C@H]1O3. The summed E-state index contributed by atoms with van der Waals surface area (Å²) in [4.78, 5) is 26.4. The van der Waals surface area contributed by atoms with Crippen LogP contribution < -0.4 is 14.2 Å². The topological polar surface area (TPSA) is 91.3 Å². The summed E-state index contributed by atoms with van der Waals surface area (Å²) in [6, 6.07) is 4.35. The average Bonchev–Trinajstić information content (AvgIpc) is 3.24. The molecule has 1 fully saturated rings. The van der Waals surface area contributed by atoms with Crippen molar-refractivity contribution in [3.05, 3.63) is 46.0 Å². The molecular weight excluding hydrogens is 352 g/mol. The van der Waals surface area contributed by atoms with E-state index >= 15 is 0 Å². The molecule has 5 rings (SSSR count). The first-order valence-corrected chi connectivity index (χ1v) is 8.58. The number of ether oxygens (including phenoxy) is 4. The van der Waals surface area contributed by atoms with Gasteiger partial charge in [0.2, 0.25) is 12.1 Å². The van der Waals surface area contributed by atoms with Gasteiger partial charge in [0, 0.05) is 22.8 Å². The third-order valence-corrected chi connectivity index (χ3v) is 5.41. The third-order valence-electron chi connectivity index (χ3n) is 5.41. The molecule has 2 heterocycles. The van der Waals surface area contributed by atoms with E-state index in [1.165, 1.54) is 26.4 Å². The van der Waals surface area contributed by atoms with Gasteiger partial charge in [-0.2, -0.15) is 0 Å². The molecule has 0 unspecified atom stereocenters. The first kappa shape index (κ1) is 16.1. The molecule has 3 aliphatic rings. The Morgan fingerprint density at radius 3 is 2.56 bits per heavy atom. The van der Waals surface area contributed by atoms with Crippen molar-refractivity contribution < 1.29 is 33.6 Å². The zero-order chi connectivity index (χ0) is 18.9. The van der Waals surface area contributed by atoms with Crippen molar-refractivity contribution in [1.82, 2.24) is 0 Å². The largest absolute Gasteiger partial charge is 0.507 e. The third kappa shape index (κ3) is 2.00. The monoisotopic (exact) mass is 368 g/mol. The summed E-state index contributed by atoms with van der Waals surface area (Å²) < 4.78 is 22.1. The van der Waals surface area contributed by atoms with E-state index < -0.39 is 17.9 Å². The summed E-state index contributed by atoms with van der Waals surface area (Å²) in [5.41, 5.74) is 1.16. The highest BCUT2D eigenvalue weighted by molar-refractivity contribution is 6.30. The molecule has 138 valence electrons. The Morgan fingerprint density at radius 2 is 1.81 bits per heavy atom. The maximum absolute atomic E-state index is 13.2. The number of phenols is 1. The maximum atomic E-state index is 13.2. The van der Waals surface area contributed by atoms with Crippen LogP contribution in [0.1, 0.15) is 49.7 Å². The molecule has 1 saturated heterocycles. The van der Waals surface area contributed by atoms with Gasteiger partial charge in [-0.05, 0) is 18.6 Å². The smallest absolute Gasteiger partial charge is 0.207 e. The van der Waals surface area contributed by atoms with Crippen molar-refractivity contribution in [2.24, 2.45) is 0 Å². The number of fused-ring (bicyclic) bond motifs is 5. The second kappa shape index (κ2) is 5.47. The number of carbonyl (C=O) groups is 2. The minimum Gasteiger partial charge on any atom is -0.507 e. The van der Waals surface area contributed by atoms with Gasteiger partial charge in [-0.3, -0.25) is 9.59 Å². The summed E-state index contributed by atoms with van der Waals surface area (Å²) in [5, 5.41) is 10.4. The van der Waals surface area contributed by atoms with Crippen molar-refractivity contribution in [1.29, 1.82) is 0 Å². The van der Waals surface area contributed by atoms with E-state index in [9.17, 15) is 14.7 Å². The Morgan fingerprint density at radius 1 is 1.04 bits per heavy atom. The summed E-state index contributed by atoms with van der Waals surface area (Å²) >= 11 is 0. The highest BCUT2D eigenvalue weighted by Crippen LogP contribution is 2.52. The number of carbonyl (C=O) groups excluding carboxylic acids is 2. The lowest BCUT2D eigenvalue weighted by Crippen LogP contribution is -2.22. The van der Waals surface area contributed by atoms with Gasteiger partial charge in [-0.25, -0.2) is 0 Å². The van der Waals surface area contributed by atoms with Gasteiger partial charge in [0.15, 0.2) is 5.78 Å². The molecule has 2 atom stereocenters. The molecule has 0 aromatic heterocycles. The predicted molar refractivity (Wildman–Crippen MR) is 92.2 cm³/mol.